The standard InChI is InChI=1S/C17H28N2/c1-15-8-5-6-11-17(15)19(13-7-12-18)14-16-9-3-2-4-10-16/h5-6,8,11,16H,2-4,7,9-10,12-14,18H2,1H3. The lowest BCUT2D eigenvalue weighted by Crippen LogP contribution is -2.32. The summed E-state index contributed by atoms with van der Waals surface area (Å²) >= 11 is 0. The van der Waals surface area contributed by atoms with Gasteiger partial charge in [-0.3, -0.25) is 0 Å². The summed E-state index contributed by atoms with van der Waals surface area (Å²) in [5, 5.41) is 0. The lowest BCUT2D eigenvalue weighted by molar-refractivity contribution is 0.357. The van der Waals surface area contributed by atoms with Crippen molar-refractivity contribution in [2.24, 2.45) is 11.7 Å². The molecule has 1 aliphatic rings. The van der Waals surface area contributed by atoms with Crippen molar-refractivity contribution in [2.45, 2.75) is 45.4 Å². The number of para-hydroxylation sites is 1. The summed E-state index contributed by atoms with van der Waals surface area (Å²) in [5.41, 5.74) is 8.49. The predicted molar refractivity (Wildman–Crippen MR) is 83.6 cm³/mol. The first-order valence-electron chi connectivity index (χ1n) is 7.82. The second-order valence-electron chi connectivity index (χ2n) is 5.88. The summed E-state index contributed by atoms with van der Waals surface area (Å²) in [6, 6.07) is 8.75. The average Bonchev–Trinajstić information content (AvgIpc) is 2.45. The van der Waals surface area contributed by atoms with Gasteiger partial charge in [-0.2, -0.15) is 0 Å². The Hall–Kier alpha value is -1.02. The molecule has 2 heteroatoms. The van der Waals surface area contributed by atoms with Crippen LogP contribution in [0.5, 0.6) is 0 Å². The van der Waals surface area contributed by atoms with Gasteiger partial charge in [-0.25, -0.2) is 0 Å². The molecule has 1 aromatic rings. The van der Waals surface area contributed by atoms with Gasteiger partial charge in [0.05, 0.1) is 0 Å². The van der Waals surface area contributed by atoms with Gasteiger partial charge in [0.25, 0.3) is 0 Å². The van der Waals surface area contributed by atoms with E-state index in [2.05, 4.69) is 36.1 Å². The van der Waals surface area contributed by atoms with Crippen LogP contribution in [0.4, 0.5) is 5.69 Å². The van der Waals surface area contributed by atoms with Crippen LogP contribution in [-0.2, 0) is 0 Å². The molecule has 2 nitrogen and oxygen atoms in total. The van der Waals surface area contributed by atoms with Crippen LogP contribution in [0.2, 0.25) is 0 Å². The first kappa shape index (κ1) is 14.4. The van der Waals surface area contributed by atoms with Crippen molar-refractivity contribution in [3.05, 3.63) is 29.8 Å². The van der Waals surface area contributed by atoms with Gasteiger partial charge in [0.15, 0.2) is 0 Å². The lowest BCUT2D eigenvalue weighted by Gasteiger charge is -2.32. The van der Waals surface area contributed by atoms with Gasteiger partial charge in [-0.1, -0.05) is 37.5 Å². The zero-order valence-corrected chi connectivity index (χ0v) is 12.3. The summed E-state index contributed by atoms with van der Waals surface area (Å²) in [5.74, 6) is 0.881. The van der Waals surface area contributed by atoms with Gasteiger partial charge in [-0.15, -0.1) is 0 Å². The van der Waals surface area contributed by atoms with E-state index in [-0.39, 0.29) is 0 Å². The maximum atomic E-state index is 5.70. The minimum atomic E-state index is 0.785. The van der Waals surface area contributed by atoms with Crippen LogP contribution in [0.15, 0.2) is 24.3 Å². The first-order valence-corrected chi connectivity index (χ1v) is 7.82. The molecule has 0 unspecified atom stereocenters. The van der Waals surface area contributed by atoms with Crippen LogP contribution in [-0.4, -0.2) is 19.6 Å². The molecule has 1 fully saturated rings. The number of aryl methyl sites for hydroxylation is 1. The number of benzene rings is 1. The SMILES string of the molecule is Cc1ccccc1N(CCCN)CC1CCCCC1. The Kier molecular flexibility index (Phi) is 5.71. The number of nitrogens with zero attached hydrogens (tertiary/aromatic N) is 1. The van der Waals surface area contributed by atoms with E-state index in [0.717, 1.165) is 25.4 Å². The largest absolute Gasteiger partial charge is 0.371 e. The molecule has 0 bridgehead atoms. The summed E-state index contributed by atoms with van der Waals surface area (Å²) in [6.07, 6.45) is 8.17. The van der Waals surface area contributed by atoms with Crippen molar-refractivity contribution in [3.63, 3.8) is 0 Å². The van der Waals surface area contributed by atoms with Crippen molar-refractivity contribution in [1.82, 2.24) is 0 Å². The van der Waals surface area contributed by atoms with Crippen LogP contribution < -0.4 is 10.6 Å². The first-order chi connectivity index (χ1) is 9.31. The number of anilines is 1. The van der Waals surface area contributed by atoms with Gasteiger partial charge in [-0.05, 0) is 50.3 Å². The minimum Gasteiger partial charge on any atom is -0.371 e. The highest BCUT2D eigenvalue weighted by Crippen LogP contribution is 2.27. The topological polar surface area (TPSA) is 29.3 Å². The van der Waals surface area contributed by atoms with Gasteiger partial charge < -0.3 is 10.6 Å². The van der Waals surface area contributed by atoms with Crippen molar-refractivity contribution in [3.8, 4) is 0 Å². The quantitative estimate of drug-likeness (QED) is 0.844. The lowest BCUT2D eigenvalue weighted by atomic mass is 9.88. The van der Waals surface area contributed by atoms with E-state index in [1.165, 1.54) is 49.9 Å². The van der Waals surface area contributed by atoms with Gasteiger partial charge >= 0.3 is 0 Å². The molecule has 2 rings (SSSR count). The Morgan fingerprint density at radius 2 is 1.89 bits per heavy atom. The average molecular weight is 260 g/mol. The summed E-state index contributed by atoms with van der Waals surface area (Å²) in [6.45, 7) is 5.31. The van der Waals surface area contributed by atoms with Crippen LogP contribution in [0, 0.1) is 12.8 Å². The Labute approximate surface area is 118 Å². The summed E-state index contributed by atoms with van der Waals surface area (Å²) in [7, 11) is 0. The van der Waals surface area contributed by atoms with E-state index >= 15 is 0 Å². The van der Waals surface area contributed by atoms with Crippen molar-refractivity contribution < 1.29 is 0 Å². The van der Waals surface area contributed by atoms with E-state index in [0.29, 0.717) is 0 Å². The number of hydrogen-bond donors (Lipinski definition) is 1. The third kappa shape index (κ3) is 4.24. The normalized spacial score (nSPS) is 16.5. The van der Waals surface area contributed by atoms with E-state index in [4.69, 9.17) is 5.73 Å². The highest BCUT2D eigenvalue weighted by Gasteiger charge is 2.18. The maximum Gasteiger partial charge on any atom is 0.0396 e. The highest BCUT2D eigenvalue weighted by atomic mass is 15.1. The summed E-state index contributed by atoms with van der Waals surface area (Å²) in [4.78, 5) is 2.57. The maximum absolute atomic E-state index is 5.70. The van der Waals surface area contributed by atoms with E-state index < -0.39 is 0 Å². The van der Waals surface area contributed by atoms with E-state index in [1.807, 2.05) is 0 Å². The fourth-order valence-electron chi connectivity index (χ4n) is 3.19. The molecule has 0 spiro atoms. The van der Waals surface area contributed by atoms with Gasteiger partial charge in [0, 0.05) is 18.8 Å². The number of nitrogens with two attached hydrogens (primary N) is 1. The van der Waals surface area contributed by atoms with Crippen molar-refractivity contribution in [1.29, 1.82) is 0 Å². The molecule has 19 heavy (non-hydrogen) atoms. The molecule has 1 aromatic carbocycles. The third-order valence-corrected chi connectivity index (χ3v) is 4.29. The zero-order chi connectivity index (χ0) is 13.5. The molecule has 0 aromatic heterocycles. The Balaban J connectivity index is 2.04. The minimum absolute atomic E-state index is 0.785. The molecular formula is C17H28N2. The second-order valence-corrected chi connectivity index (χ2v) is 5.88. The Bertz CT molecular complexity index is 369. The third-order valence-electron chi connectivity index (χ3n) is 4.29. The molecule has 0 aliphatic heterocycles. The molecule has 0 heterocycles. The van der Waals surface area contributed by atoms with Crippen molar-refractivity contribution >= 4 is 5.69 Å². The van der Waals surface area contributed by atoms with E-state index in [1.54, 1.807) is 0 Å². The Morgan fingerprint density at radius 3 is 2.58 bits per heavy atom. The van der Waals surface area contributed by atoms with Gasteiger partial charge in [0.2, 0.25) is 0 Å². The van der Waals surface area contributed by atoms with Crippen molar-refractivity contribution in [2.75, 3.05) is 24.5 Å². The molecule has 1 aliphatic carbocycles. The fraction of sp³-hybridized carbons (Fsp3) is 0.647. The molecule has 0 saturated heterocycles. The highest BCUT2D eigenvalue weighted by molar-refractivity contribution is 5.52. The van der Waals surface area contributed by atoms with Gasteiger partial charge in [0.1, 0.15) is 0 Å². The number of rotatable bonds is 6. The molecule has 106 valence electrons. The smallest absolute Gasteiger partial charge is 0.0396 e. The zero-order valence-electron chi connectivity index (χ0n) is 12.3. The number of hydrogen-bond acceptors (Lipinski definition) is 2. The van der Waals surface area contributed by atoms with Crippen LogP contribution in [0.25, 0.3) is 0 Å². The fourth-order valence-corrected chi connectivity index (χ4v) is 3.19. The predicted octanol–water partition coefficient (Wildman–Crippen LogP) is 3.73. The van der Waals surface area contributed by atoms with Crippen LogP contribution in [0.3, 0.4) is 0 Å². The Morgan fingerprint density at radius 1 is 1.16 bits per heavy atom. The molecule has 0 amide bonds. The summed E-state index contributed by atoms with van der Waals surface area (Å²) < 4.78 is 0. The monoisotopic (exact) mass is 260 g/mol. The second kappa shape index (κ2) is 7.54. The van der Waals surface area contributed by atoms with Crippen LogP contribution >= 0.6 is 0 Å². The molecule has 0 atom stereocenters. The molecular weight excluding hydrogens is 232 g/mol. The molecule has 1 saturated carbocycles. The molecule has 0 radical (unpaired) electrons. The van der Waals surface area contributed by atoms with E-state index in [9.17, 15) is 0 Å². The van der Waals surface area contributed by atoms with Crippen LogP contribution in [0.1, 0.15) is 44.1 Å². The molecule has 2 N–H and O–H groups in total.